The van der Waals surface area contributed by atoms with Gasteiger partial charge in [-0.15, -0.1) is 0 Å². The Balaban J connectivity index is 2.02. The molecule has 4 nitrogen and oxygen atoms in total. The van der Waals surface area contributed by atoms with Gasteiger partial charge in [0, 0.05) is 18.9 Å². The van der Waals surface area contributed by atoms with E-state index in [1.807, 2.05) is 44.2 Å². The summed E-state index contributed by atoms with van der Waals surface area (Å²) >= 11 is 0. The molecule has 0 amide bonds. The highest BCUT2D eigenvalue weighted by atomic mass is 16.5. The topological polar surface area (TPSA) is 51.2 Å². The number of para-hydroxylation sites is 1. The Hall–Kier alpha value is -2.20. The van der Waals surface area contributed by atoms with Crippen LogP contribution < -0.4 is 10.1 Å². The van der Waals surface area contributed by atoms with Crippen LogP contribution in [-0.4, -0.2) is 23.4 Å². The number of aromatic nitrogens is 1. The summed E-state index contributed by atoms with van der Waals surface area (Å²) in [5, 5.41) is 3.23. The third-order valence-corrected chi connectivity index (χ3v) is 3.21. The van der Waals surface area contributed by atoms with Crippen molar-refractivity contribution in [1.82, 2.24) is 10.3 Å². The van der Waals surface area contributed by atoms with Crippen molar-refractivity contribution < 1.29 is 9.53 Å². The van der Waals surface area contributed by atoms with E-state index in [0.29, 0.717) is 24.5 Å². The summed E-state index contributed by atoms with van der Waals surface area (Å²) < 4.78 is 5.51. The Morgan fingerprint density at radius 2 is 1.95 bits per heavy atom. The lowest BCUT2D eigenvalue weighted by Crippen LogP contribution is -2.33. The van der Waals surface area contributed by atoms with Crippen LogP contribution in [0.25, 0.3) is 0 Å². The molecule has 21 heavy (non-hydrogen) atoms. The number of carbonyl (C=O) groups is 1. The molecule has 1 heterocycles. The van der Waals surface area contributed by atoms with E-state index in [2.05, 4.69) is 10.3 Å². The maximum atomic E-state index is 12.5. The van der Waals surface area contributed by atoms with E-state index in [4.69, 9.17) is 4.74 Å². The molecule has 110 valence electrons. The Labute approximate surface area is 125 Å². The van der Waals surface area contributed by atoms with E-state index < -0.39 is 0 Å². The van der Waals surface area contributed by atoms with Crippen LogP contribution in [0.1, 0.15) is 29.8 Å². The molecule has 2 aromatic rings. The van der Waals surface area contributed by atoms with Crippen molar-refractivity contribution in [2.75, 3.05) is 6.61 Å². The fraction of sp³-hybridized carbons (Fsp3) is 0.294. The van der Waals surface area contributed by atoms with Gasteiger partial charge in [-0.2, -0.15) is 0 Å². The second-order valence-corrected chi connectivity index (χ2v) is 4.75. The highest BCUT2D eigenvalue weighted by Crippen LogP contribution is 2.19. The fourth-order valence-electron chi connectivity index (χ4n) is 2.05. The van der Waals surface area contributed by atoms with Gasteiger partial charge in [-0.25, -0.2) is 0 Å². The number of carbonyl (C=O) groups excluding carboxylic acids is 1. The smallest absolute Gasteiger partial charge is 0.183 e. The molecular weight excluding hydrogens is 264 g/mol. The van der Waals surface area contributed by atoms with Gasteiger partial charge in [-0.3, -0.25) is 9.78 Å². The lowest BCUT2D eigenvalue weighted by molar-refractivity contribution is 0.0946. The van der Waals surface area contributed by atoms with E-state index in [0.717, 1.165) is 5.56 Å². The molecule has 2 rings (SSSR count). The molecule has 4 heteroatoms. The van der Waals surface area contributed by atoms with Gasteiger partial charge in [-0.1, -0.05) is 12.1 Å². The van der Waals surface area contributed by atoms with E-state index in [1.54, 1.807) is 18.5 Å². The largest absolute Gasteiger partial charge is 0.493 e. The zero-order chi connectivity index (χ0) is 15.1. The van der Waals surface area contributed by atoms with Crippen molar-refractivity contribution in [1.29, 1.82) is 0 Å². The van der Waals surface area contributed by atoms with Gasteiger partial charge in [-0.05, 0) is 43.7 Å². The van der Waals surface area contributed by atoms with E-state index >= 15 is 0 Å². The zero-order valence-electron chi connectivity index (χ0n) is 12.4. The average molecular weight is 284 g/mol. The van der Waals surface area contributed by atoms with Crippen molar-refractivity contribution in [2.45, 2.75) is 26.4 Å². The van der Waals surface area contributed by atoms with Gasteiger partial charge < -0.3 is 10.1 Å². The van der Waals surface area contributed by atoms with Crippen LogP contribution in [0.2, 0.25) is 0 Å². The molecule has 1 aromatic heterocycles. The lowest BCUT2D eigenvalue weighted by Gasteiger charge is -2.15. The molecule has 0 aliphatic heterocycles. The van der Waals surface area contributed by atoms with Gasteiger partial charge >= 0.3 is 0 Å². The molecule has 0 aliphatic rings. The first-order valence-corrected chi connectivity index (χ1v) is 7.10. The Morgan fingerprint density at radius 3 is 2.67 bits per heavy atom. The SMILES string of the molecule is CCOc1ccccc1C(=O)C(C)NCc1ccncc1. The van der Waals surface area contributed by atoms with Gasteiger partial charge in [0.1, 0.15) is 5.75 Å². The van der Waals surface area contributed by atoms with Gasteiger partial charge in [0.05, 0.1) is 18.2 Å². The van der Waals surface area contributed by atoms with Crippen molar-refractivity contribution in [3.63, 3.8) is 0 Å². The van der Waals surface area contributed by atoms with Crippen LogP contribution in [0.3, 0.4) is 0 Å². The minimum absolute atomic E-state index is 0.0353. The predicted molar refractivity (Wildman–Crippen MR) is 82.5 cm³/mol. The molecule has 0 spiro atoms. The molecule has 0 saturated heterocycles. The molecule has 0 fully saturated rings. The first-order valence-electron chi connectivity index (χ1n) is 7.10. The average Bonchev–Trinajstić information content (AvgIpc) is 2.54. The molecule has 1 unspecified atom stereocenters. The number of hydrogen-bond acceptors (Lipinski definition) is 4. The highest BCUT2D eigenvalue weighted by Gasteiger charge is 2.18. The van der Waals surface area contributed by atoms with Crippen LogP contribution in [0.4, 0.5) is 0 Å². The van der Waals surface area contributed by atoms with Crippen LogP contribution >= 0.6 is 0 Å². The Bertz CT molecular complexity index is 584. The summed E-state index contributed by atoms with van der Waals surface area (Å²) in [6.07, 6.45) is 3.49. The molecule has 1 aromatic carbocycles. The molecule has 0 bridgehead atoms. The quantitative estimate of drug-likeness (QED) is 0.794. The highest BCUT2D eigenvalue weighted by molar-refractivity contribution is 6.02. The minimum Gasteiger partial charge on any atom is -0.493 e. The predicted octanol–water partition coefficient (Wildman–Crippen LogP) is 2.84. The van der Waals surface area contributed by atoms with E-state index in [-0.39, 0.29) is 11.8 Å². The molecule has 1 atom stereocenters. The van der Waals surface area contributed by atoms with E-state index in [9.17, 15) is 4.79 Å². The number of pyridine rings is 1. The maximum Gasteiger partial charge on any atom is 0.183 e. The Morgan fingerprint density at radius 1 is 1.24 bits per heavy atom. The van der Waals surface area contributed by atoms with Crippen LogP contribution in [0.5, 0.6) is 5.75 Å². The van der Waals surface area contributed by atoms with Crippen LogP contribution in [0, 0.1) is 0 Å². The van der Waals surface area contributed by atoms with Crippen molar-refractivity contribution in [3.05, 3.63) is 59.9 Å². The first kappa shape index (κ1) is 15.2. The van der Waals surface area contributed by atoms with E-state index in [1.165, 1.54) is 0 Å². The number of Topliss-reactive ketones (excluding diaryl/α,β-unsaturated/α-hetero) is 1. The molecule has 0 saturated carbocycles. The maximum absolute atomic E-state index is 12.5. The summed E-state index contributed by atoms with van der Waals surface area (Å²) in [4.78, 5) is 16.5. The third kappa shape index (κ3) is 4.13. The number of ketones is 1. The standard InChI is InChI=1S/C17H20N2O2/c1-3-21-16-7-5-4-6-15(16)17(20)13(2)19-12-14-8-10-18-11-9-14/h4-11,13,19H,3,12H2,1-2H3. The third-order valence-electron chi connectivity index (χ3n) is 3.21. The Kier molecular flexibility index (Phi) is 5.46. The zero-order valence-corrected chi connectivity index (χ0v) is 12.4. The summed E-state index contributed by atoms with van der Waals surface area (Å²) in [6, 6.07) is 10.9. The fourth-order valence-corrected chi connectivity index (χ4v) is 2.05. The molecule has 0 aliphatic carbocycles. The number of ether oxygens (including phenoxy) is 1. The number of rotatable bonds is 7. The van der Waals surface area contributed by atoms with Crippen molar-refractivity contribution >= 4 is 5.78 Å². The summed E-state index contributed by atoms with van der Waals surface area (Å²) in [6.45, 7) is 4.95. The van der Waals surface area contributed by atoms with Gasteiger partial charge in [0.15, 0.2) is 5.78 Å². The first-order chi connectivity index (χ1) is 10.2. The lowest BCUT2D eigenvalue weighted by atomic mass is 10.0. The minimum atomic E-state index is -0.278. The molecule has 0 radical (unpaired) electrons. The second kappa shape index (κ2) is 7.55. The normalized spacial score (nSPS) is 11.9. The summed E-state index contributed by atoms with van der Waals surface area (Å²) in [5.74, 6) is 0.677. The van der Waals surface area contributed by atoms with Crippen molar-refractivity contribution in [3.8, 4) is 5.75 Å². The number of nitrogens with zero attached hydrogens (tertiary/aromatic N) is 1. The monoisotopic (exact) mass is 284 g/mol. The summed E-state index contributed by atoms with van der Waals surface area (Å²) in [7, 11) is 0. The van der Waals surface area contributed by atoms with Gasteiger partial charge in [0.2, 0.25) is 0 Å². The second-order valence-electron chi connectivity index (χ2n) is 4.75. The van der Waals surface area contributed by atoms with Gasteiger partial charge in [0.25, 0.3) is 0 Å². The summed E-state index contributed by atoms with van der Waals surface area (Å²) in [5.41, 5.74) is 1.72. The molecular formula is C17H20N2O2. The molecule has 1 N–H and O–H groups in total. The van der Waals surface area contributed by atoms with Crippen LogP contribution in [-0.2, 0) is 6.54 Å². The van der Waals surface area contributed by atoms with Crippen molar-refractivity contribution in [2.24, 2.45) is 0 Å². The van der Waals surface area contributed by atoms with Crippen LogP contribution in [0.15, 0.2) is 48.8 Å². The number of hydrogen-bond donors (Lipinski definition) is 1. The number of nitrogens with one attached hydrogen (secondary N) is 1. The number of benzene rings is 1.